The molecule has 0 saturated heterocycles. The molecule has 1 heterocycles. The molecule has 1 aromatic heterocycles. The Balaban J connectivity index is 0.00000242. The van der Waals surface area contributed by atoms with Crippen molar-refractivity contribution in [2.45, 2.75) is 52.0 Å². The van der Waals surface area contributed by atoms with Crippen LogP contribution in [0.3, 0.4) is 0 Å². The van der Waals surface area contributed by atoms with Crippen LogP contribution in [0.5, 0.6) is 0 Å². The van der Waals surface area contributed by atoms with Gasteiger partial charge in [-0.05, 0) is 62.1 Å². The zero-order chi connectivity index (χ0) is 15.1. The molecule has 22 heavy (non-hydrogen) atoms. The molecule has 0 amide bonds. The third-order valence-corrected chi connectivity index (χ3v) is 4.40. The number of halogens is 1. The molecule has 124 valence electrons. The highest BCUT2D eigenvalue weighted by atomic mass is 127. The summed E-state index contributed by atoms with van der Waals surface area (Å²) < 4.78 is 0. The minimum absolute atomic E-state index is 0. The summed E-state index contributed by atoms with van der Waals surface area (Å²) >= 11 is 0. The van der Waals surface area contributed by atoms with Crippen molar-refractivity contribution >= 4 is 29.9 Å². The summed E-state index contributed by atoms with van der Waals surface area (Å²) in [5.41, 5.74) is 2.60. The molecule has 2 N–H and O–H groups in total. The molecule has 1 aromatic rings. The van der Waals surface area contributed by atoms with Crippen LogP contribution >= 0.6 is 24.0 Å². The Morgan fingerprint density at radius 3 is 2.68 bits per heavy atom. The summed E-state index contributed by atoms with van der Waals surface area (Å²) in [6, 6.07) is 2.67. The topological polar surface area (TPSA) is 49.3 Å². The fraction of sp³-hybridized carbons (Fsp3) is 0.647. The van der Waals surface area contributed by atoms with Gasteiger partial charge in [0.05, 0.1) is 0 Å². The van der Waals surface area contributed by atoms with E-state index in [9.17, 15) is 0 Å². The van der Waals surface area contributed by atoms with Crippen LogP contribution in [0.15, 0.2) is 23.5 Å². The molecule has 1 aliphatic rings. The molecule has 1 aliphatic carbocycles. The number of hydrogen-bond donors (Lipinski definition) is 2. The summed E-state index contributed by atoms with van der Waals surface area (Å²) in [4.78, 5) is 8.47. The summed E-state index contributed by atoms with van der Waals surface area (Å²) in [7, 11) is 1.85. The Bertz CT molecular complexity index is 467. The van der Waals surface area contributed by atoms with Gasteiger partial charge in [-0.1, -0.05) is 6.92 Å². The van der Waals surface area contributed by atoms with Crippen molar-refractivity contribution in [2.75, 3.05) is 13.6 Å². The number of aliphatic imine (C=N–C) groups is 1. The van der Waals surface area contributed by atoms with Crippen molar-refractivity contribution in [1.29, 1.82) is 0 Å². The molecule has 0 radical (unpaired) electrons. The molecule has 0 unspecified atom stereocenters. The van der Waals surface area contributed by atoms with Crippen molar-refractivity contribution in [3.8, 4) is 0 Å². The van der Waals surface area contributed by atoms with E-state index in [1.54, 1.807) is 0 Å². The van der Waals surface area contributed by atoms with Gasteiger partial charge in [0.25, 0.3) is 0 Å². The van der Waals surface area contributed by atoms with E-state index in [0.29, 0.717) is 6.04 Å². The monoisotopic (exact) mass is 416 g/mol. The first kappa shape index (κ1) is 19.2. The first-order chi connectivity index (χ1) is 10.2. The lowest BCUT2D eigenvalue weighted by Gasteiger charge is -2.28. The van der Waals surface area contributed by atoms with Crippen molar-refractivity contribution < 1.29 is 0 Å². The largest absolute Gasteiger partial charge is 0.356 e. The molecule has 4 nitrogen and oxygen atoms in total. The van der Waals surface area contributed by atoms with Crippen LogP contribution < -0.4 is 10.6 Å². The second-order valence-electron chi connectivity index (χ2n) is 6.15. The fourth-order valence-corrected chi connectivity index (χ4v) is 2.89. The van der Waals surface area contributed by atoms with E-state index in [4.69, 9.17) is 0 Å². The Hall–Kier alpha value is -0.850. The maximum atomic E-state index is 4.34. The molecule has 0 aliphatic heterocycles. The van der Waals surface area contributed by atoms with Gasteiger partial charge < -0.3 is 10.6 Å². The number of aryl methyl sites for hydroxylation is 1. The Kier molecular flexibility index (Phi) is 8.75. The normalized spacial score (nSPS) is 21.9. The van der Waals surface area contributed by atoms with E-state index in [-0.39, 0.29) is 24.0 Å². The molecule has 2 rings (SSSR count). The Morgan fingerprint density at radius 1 is 1.32 bits per heavy atom. The van der Waals surface area contributed by atoms with Gasteiger partial charge in [-0.2, -0.15) is 0 Å². The number of nitrogens with zero attached hydrogens (tertiary/aromatic N) is 2. The average molecular weight is 416 g/mol. The molecule has 0 spiro atoms. The first-order valence-electron chi connectivity index (χ1n) is 8.05. The van der Waals surface area contributed by atoms with Gasteiger partial charge >= 0.3 is 0 Å². The quantitative estimate of drug-likeness (QED) is 0.450. The lowest BCUT2D eigenvalue weighted by atomic mass is 9.87. The van der Waals surface area contributed by atoms with Gasteiger partial charge in [-0.3, -0.25) is 9.98 Å². The van der Waals surface area contributed by atoms with Crippen LogP contribution in [0.2, 0.25) is 0 Å². The van der Waals surface area contributed by atoms with E-state index in [0.717, 1.165) is 24.8 Å². The van der Waals surface area contributed by atoms with Crippen molar-refractivity contribution in [2.24, 2.45) is 10.9 Å². The fourth-order valence-electron chi connectivity index (χ4n) is 2.89. The highest BCUT2D eigenvalue weighted by Gasteiger charge is 2.18. The highest BCUT2D eigenvalue weighted by Crippen LogP contribution is 2.23. The average Bonchev–Trinajstić information content (AvgIpc) is 2.50. The second kappa shape index (κ2) is 10.0. The van der Waals surface area contributed by atoms with Crippen LogP contribution in [0.1, 0.15) is 43.7 Å². The van der Waals surface area contributed by atoms with Gasteiger partial charge in [0, 0.05) is 32.0 Å². The zero-order valence-corrected chi connectivity index (χ0v) is 16.3. The third kappa shape index (κ3) is 6.10. The van der Waals surface area contributed by atoms with Crippen LogP contribution in [0.4, 0.5) is 0 Å². The van der Waals surface area contributed by atoms with Crippen molar-refractivity contribution in [3.05, 3.63) is 29.6 Å². The lowest BCUT2D eigenvalue weighted by Crippen LogP contribution is -2.45. The Labute approximate surface area is 151 Å². The third-order valence-electron chi connectivity index (χ3n) is 4.40. The van der Waals surface area contributed by atoms with Gasteiger partial charge in [0.1, 0.15) is 0 Å². The lowest BCUT2D eigenvalue weighted by molar-refractivity contribution is 0.329. The summed E-state index contributed by atoms with van der Waals surface area (Å²) in [5, 5.41) is 6.98. The number of pyridine rings is 1. The number of hydrogen-bond acceptors (Lipinski definition) is 2. The zero-order valence-electron chi connectivity index (χ0n) is 13.9. The minimum Gasteiger partial charge on any atom is -0.356 e. The highest BCUT2D eigenvalue weighted by molar-refractivity contribution is 14.0. The van der Waals surface area contributed by atoms with E-state index in [2.05, 4.69) is 40.5 Å². The van der Waals surface area contributed by atoms with Crippen LogP contribution in [0, 0.1) is 12.8 Å². The SMILES string of the molecule is CN=C(NCCc1ccncc1C)NC1CCC(C)CC1.I. The summed E-state index contributed by atoms with van der Waals surface area (Å²) in [5.74, 6) is 1.81. The molecule has 1 fully saturated rings. The van der Waals surface area contributed by atoms with E-state index in [1.807, 2.05) is 19.4 Å². The van der Waals surface area contributed by atoms with Gasteiger partial charge in [0.15, 0.2) is 5.96 Å². The minimum atomic E-state index is 0. The van der Waals surface area contributed by atoms with Gasteiger partial charge in [0.2, 0.25) is 0 Å². The van der Waals surface area contributed by atoms with E-state index < -0.39 is 0 Å². The molecule has 5 heteroatoms. The van der Waals surface area contributed by atoms with Crippen LogP contribution in [-0.2, 0) is 6.42 Å². The van der Waals surface area contributed by atoms with Crippen LogP contribution in [0.25, 0.3) is 0 Å². The smallest absolute Gasteiger partial charge is 0.191 e. The van der Waals surface area contributed by atoms with E-state index in [1.165, 1.54) is 36.8 Å². The standard InChI is InChI=1S/C17H28N4.HI/c1-13-4-6-16(7-5-13)21-17(18-3)20-11-9-15-8-10-19-12-14(15)2;/h8,10,12-13,16H,4-7,9,11H2,1-3H3,(H2,18,20,21);1H. The van der Waals surface area contributed by atoms with E-state index >= 15 is 0 Å². The number of aromatic nitrogens is 1. The molecule has 0 bridgehead atoms. The molecular formula is C17H29IN4. The molecular weight excluding hydrogens is 387 g/mol. The molecule has 0 atom stereocenters. The first-order valence-corrected chi connectivity index (χ1v) is 8.05. The number of rotatable bonds is 4. The van der Waals surface area contributed by atoms with Gasteiger partial charge in [-0.15, -0.1) is 24.0 Å². The summed E-state index contributed by atoms with van der Waals surface area (Å²) in [6.07, 6.45) is 9.94. The number of guanidine groups is 1. The predicted octanol–water partition coefficient (Wildman–Crippen LogP) is 3.29. The number of nitrogens with one attached hydrogen (secondary N) is 2. The molecule has 1 saturated carbocycles. The molecule has 0 aromatic carbocycles. The maximum Gasteiger partial charge on any atom is 0.191 e. The van der Waals surface area contributed by atoms with Crippen molar-refractivity contribution in [1.82, 2.24) is 15.6 Å². The Morgan fingerprint density at radius 2 is 2.05 bits per heavy atom. The second-order valence-corrected chi connectivity index (χ2v) is 6.15. The predicted molar refractivity (Wildman–Crippen MR) is 104 cm³/mol. The summed E-state index contributed by atoms with van der Waals surface area (Å²) in [6.45, 7) is 5.35. The van der Waals surface area contributed by atoms with Gasteiger partial charge in [-0.25, -0.2) is 0 Å². The van der Waals surface area contributed by atoms with Crippen molar-refractivity contribution in [3.63, 3.8) is 0 Å². The maximum absolute atomic E-state index is 4.34. The van der Waals surface area contributed by atoms with Crippen LogP contribution in [-0.4, -0.2) is 30.6 Å².